The summed E-state index contributed by atoms with van der Waals surface area (Å²) in [6, 6.07) is 17.5. The first-order chi connectivity index (χ1) is 18.9. The minimum absolute atomic E-state index is 0.116. The van der Waals surface area contributed by atoms with E-state index in [0.717, 1.165) is 11.3 Å². The molecule has 3 aromatic carbocycles. The molecule has 1 aliphatic rings. The number of amides is 2. The minimum Gasteiger partial charge on any atom is -0.497 e. The lowest BCUT2D eigenvalue weighted by atomic mass is 9.83. The number of hydrogen-bond donors (Lipinski definition) is 1. The highest BCUT2D eigenvalue weighted by Crippen LogP contribution is 2.46. The Morgan fingerprint density at radius 2 is 1.49 bits per heavy atom. The van der Waals surface area contributed by atoms with Crippen LogP contribution in [0.3, 0.4) is 0 Å². The van der Waals surface area contributed by atoms with Gasteiger partial charge in [0.2, 0.25) is 17.6 Å². The third-order valence-corrected chi connectivity index (χ3v) is 6.75. The van der Waals surface area contributed by atoms with Crippen LogP contribution >= 0.6 is 0 Å². The first-order valence-electron chi connectivity index (χ1n) is 12.7. The molecule has 1 aliphatic heterocycles. The summed E-state index contributed by atoms with van der Waals surface area (Å²) in [6.45, 7) is 2.47. The topological polar surface area (TPSA) is 95.6 Å². The van der Waals surface area contributed by atoms with E-state index in [2.05, 4.69) is 5.32 Å². The van der Waals surface area contributed by atoms with Crippen molar-refractivity contribution in [3.8, 4) is 28.7 Å². The van der Waals surface area contributed by atoms with Crippen LogP contribution in [0.25, 0.3) is 0 Å². The molecule has 1 fully saturated rings. The van der Waals surface area contributed by atoms with Gasteiger partial charge in [0.15, 0.2) is 11.5 Å². The molecule has 206 valence electrons. The predicted octanol–water partition coefficient (Wildman–Crippen LogP) is 5.24. The van der Waals surface area contributed by atoms with Gasteiger partial charge in [0, 0.05) is 24.2 Å². The maximum absolute atomic E-state index is 13.7. The number of methoxy groups -OCH3 is 4. The molecule has 0 saturated carbocycles. The molecule has 3 aromatic rings. The number of rotatable bonds is 10. The van der Waals surface area contributed by atoms with Gasteiger partial charge in [-0.2, -0.15) is 0 Å². The molecule has 2 amide bonds. The molecule has 9 heteroatoms. The second-order valence-corrected chi connectivity index (χ2v) is 8.96. The van der Waals surface area contributed by atoms with E-state index in [1.165, 1.54) is 21.3 Å². The van der Waals surface area contributed by atoms with Crippen LogP contribution in [0.1, 0.15) is 31.4 Å². The average molecular weight is 535 g/mol. The van der Waals surface area contributed by atoms with Gasteiger partial charge in [0.25, 0.3) is 0 Å². The van der Waals surface area contributed by atoms with Crippen molar-refractivity contribution in [3.05, 3.63) is 66.2 Å². The Labute approximate surface area is 228 Å². The van der Waals surface area contributed by atoms with Crippen molar-refractivity contribution in [2.24, 2.45) is 5.92 Å². The number of carbonyl (C=O) groups excluding carboxylic acids is 2. The van der Waals surface area contributed by atoms with Gasteiger partial charge in [-0.3, -0.25) is 9.59 Å². The van der Waals surface area contributed by atoms with Gasteiger partial charge < -0.3 is 33.9 Å². The highest BCUT2D eigenvalue weighted by Gasteiger charge is 2.42. The average Bonchev–Trinajstić information content (AvgIpc) is 2.97. The van der Waals surface area contributed by atoms with Crippen LogP contribution < -0.4 is 33.9 Å². The summed E-state index contributed by atoms with van der Waals surface area (Å²) in [6.07, 6.45) is 0.587. The number of benzene rings is 3. The van der Waals surface area contributed by atoms with Gasteiger partial charge >= 0.3 is 0 Å². The molecule has 0 aliphatic carbocycles. The molecular formula is C30H34N2O7. The van der Waals surface area contributed by atoms with Gasteiger partial charge in [-0.15, -0.1) is 0 Å². The number of hydrogen-bond acceptors (Lipinski definition) is 7. The predicted molar refractivity (Wildman–Crippen MR) is 148 cm³/mol. The molecule has 1 saturated heterocycles. The molecule has 1 heterocycles. The highest BCUT2D eigenvalue weighted by atomic mass is 16.5. The Morgan fingerprint density at radius 3 is 2.03 bits per heavy atom. The Hall–Kier alpha value is -4.40. The Bertz CT molecular complexity index is 1270. The number of anilines is 2. The van der Waals surface area contributed by atoms with E-state index in [1.807, 2.05) is 43.3 Å². The van der Waals surface area contributed by atoms with Crippen LogP contribution in [0.5, 0.6) is 28.7 Å². The zero-order valence-electron chi connectivity index (χ0n) is 22.9. The minimum atomic E-state index is -0.595. The second kappa shape index (κ2) is 12.4. The lowest BCUT2D eigenvalue weighted by Crippen LogP contribution is -2.47. The number of nitrogens with one attached hydrogen (secondary N) is 1. The molecular weight excluding hydrogens is 500 g/mol. The van der Waals surface area contributed by atoms with Gasteiger partial charge in [-0.25, -0.2) is 0 Å². The van der Waals surface area contributed by atoms with Crippen molar-refractivity contribution in [3.63, 3.8) is 0 Å². The third-order valence-electron chi connectivity index (χ3n) is 6.75. The molecule has 0 radical (unpaired) electrons. The normalized spacial score (nSPS) is 16.8. The van der Waals surface area contributed by atoms with Crippen LogP contribution in [-0.2, 0) is 9.59 Å². The molecule has 4 rings (SSSR count). The van der Waals surface area contributed by atoms with Crippen LogP contribution in [0.2, 0.25) is 0 Å². The molecule has 0 spiro atoms. The zero-order chi connectivity index (χ0) is 27.9. The molecule has 0 bridgehead atoms. The fraction of sp³-hybridized carbons (Fsp3) is 0.333. The Morgan fingerprint density at radius 1 is 0.872 bits per heavy atom. The summed E-state index contributed by atoms with van der Waals surface area (Å²) in [5.41, 5.74) is 1.98. The van der Waals surface area contributed by atoms with Crippen molar-refractivity contribution in [1.82, 2.24) is 0 Å². The zero-order valence-corrected chi connectivity index (χ0v) is 22.9. The molecule has 1 N–H and O–H groups in total. The molecule has 0 aromatic heterocycles. The number of carbonyl (C=O) groups is 2. The number of nitrogens with zero attached hydrogens (tertiary/aromatic N) is 1. The van der Waals surface area contributed by atoms with Crippen molar-refractivity contribution < 1.29 is 33.3 Å². The van der Waals surface area contributed by atoms with Crippen LogP contribution in [-0.4, -0.2) is 46.9 Å². The van der Waals surface area contributed by atoms with Crippen molar-refractivity contribution in [2.45, 2.75) is 25.8 Å². The first-order valence-corrected chi connectivity index (χ1v) is 12.7. The number of piperidine rings is 1. The smallest absolute Gasteiger partial charge is 0.229 e. The number of ether oxygens (including phenoxy) is 5. The van der Waals surface area contributed by atoms with Crippen molar-refractivity contribution in [2.75, 3.05) is 45.3 Å². The van der Waals surface area contributed by atoms with Crippen LogP contribution in [0.15, 0.2) is 60.7 Å². The fourth-order valence-electron chi connectivity index (χ4n) is 4.90. The molecule has 0 unspecified atom stereocenters. The fourth-order valence-corrected chi connectivity index (χ4v) is 4.90. The molecule has 39 heavy (non-hydrogen) atoms. The summed E-state index contributed by atoms with van der Waals surface area (Å²) in [7, 11) is 6.15. The highest BCUT2D eigenvalue weighted by molar-refractivity contribution is 6.00. The molecule has 2 atom stereocenters. The maximum atomic E-state index is 13.7. The summed E-state index contributed by atoms with van der Waals surface area (Å²) in [5.74, 6) is 1.79. The second-order valence-electron chi connectivity index (χ2n) is 8.96. The van der Waals surface area contributed by atoms with E-state index in [0.29, 0.717) is 47.4 Å². The third kappa shape index (κ3) is 5.87. The van der Waals surface area contributed by atoms with Crippen molar-refractivity contribution in [1.29, 1.82) is 0 Å². The summed E-state index contributed by atoms with van der Waals surface area (Å²) >= 11 is 0. The van der Waals surface area contributed by atoms with Gasteiger partial charge in [-0.05, 0) is 55.3 Å². The van der Waals surface area contributed by atoms with Crippen molar-refractivity contribution >= 4 is 23.2 Å². The van der Waals surface area contributed by atoms with Crippen LogP contribution in [0, 0.1) is 5.92 Å². The Balaban J connectivity index is 1.76. The quantitative estimate of drug-likeness (QED) is 0.380. The van der Waals surface area contributed by atoms with Gasteiger partial charge in [0.1, 0.15) is 11.5 Å². The lowest BCUT2D eigenvalue weighted by Gasteiger charge is -2.41. The summed E-state index contributed by atoms with van der Waals surface area (Å²) < 4.78 is 27.4. The first kappa shape index (κ1) is 27.6. The van der Waals surface area contributed by atoms with E-state index in [4.69, 9.17) is 23.7 Å². The van der Waals surface area contributed by atoms with E-state index < -0.39 is 12.0 Å². The van der Waals surface area contributed by atoms with E-state index in [-0.39, 0.29) is 18.2 Å². The van der Waals surface area contributed by atoms with Gasteiger partial charge in [0.05, 0.1) is 52.7 Å². The van der Waals surface area contributed by atoms with Crippen LogP contribution in [0.4, 0.5) is 11.4 Å². The molecule has 9 nitrogen and oxygen atoms in total. The lowest BCUT2D eigenvalue weighted by molar-refractivity contribution is -0.125. The summed E-state index contributed by atoms with van der Waals surface area (Å²) in [5, 5.41) is 3.03. The van der Waals surface area contributed by atoms with E-state index in [1.54, 1.807) is 36.3 Å². The Kier molecular flexibility index (Phi) is 8.81. The van der Waals surface area contributed by atoms with E-state index >= 15 is 0 Å². The summed E-state index contributed by atoms with van der Waals surface area (Å²) in [4.78, 5) is 28.9. The SMILES string of the molecule is CCOc1ccc(NC(=O)[C@H]2CCC(=O)N(c3cc(OC)c(OC)c(OC)c3)[C@@H]2c2ccc(OC)cc2)cc1. The maximum Gasteiger partial charge on any atom is 0.229 e. The van der Waals surface area contributed by atoms with E-state index in [9.17, 15) is 9.59 Å². The largest absolute Gasteiger partial charge is 0.497 e. The van der Waals surface area contributed by atoms with Gasteiger partial charge in [-0.1, -0.05) is 12.1 Å². The standard InChI is InChI=1S/C30H34N2O7/c1-6-39-23-13-9-20(10-14-23)31-30(34)24-15-16-27(33)32(28(24)19-7-11-22(35-2)12-8-19)21-17-25(36-3)29(38-5)26(18-21)37-4/h7-14,17-18,24,28H,6,15-16H2,1-5H3,(H,31,34)/t24-,28+/m0/s1. The monoisotopic (exact) mass is 534 g/mol.